The fourth-order valence-electron chi connectivity index (χ4n) is 1.29. The predicted octanol–water partition coefficient (Wildman–Crippen LogP) is 1.21. The van der Waals surface area contributed by atoms with Crippen molar-refractivity contribution in [2.75, 3.05) is 7.11 Å². The first-order valence-corrected chi connectivity index (χ1v) is 4.75. The zero-order valence-corrected chi connectivity index (χ0v) is 9.15. The second kappa shape index (κ2) is 4.12. The Labute approximate surface area is 96.1 Å². The maximum atomic E-state index is 8.77. The van der Waals surface area contributed by atoms with E-state index in [1.807, 2.05) is 6.07 Å². The Hall–Kier alpha value is -2.20. The van der Waals surface area contributed by atoms with Crippen LogP contribution >= 0.6 is 12.2 Å². The van der Waals surface area contributed by atoms with Gasteiger partial charge in [0, 0.05) is 6.07 Å². The van der Waals surface area contributed by atoms with Gasteiger partial charge < -0.3 is 4.74 Å². The number of aromatic amines is 1. The zero-order valence-electron chi connectivity index (χ0n) is 8.34. The molecule has 0 unspecified atom stereocenters. The van der Waals surface area contributed by atoms with Gasteiger partial charge in [0.05, 0.1) is 18.7 Å². The fourth-order valence-corrected chi connectivity index (χ4v) is 1.47. The SMILES string of the molecule is COc1cc(C#N)ccc1-n1[nH]nnc1=S. The first-order valence-electron chi connectivity index (χ1n) is 4.35. The van der Waals surface area contributed by atoms with Crippen molar-refractivity contribution < 1.29 is 4.74 Å². The highest BCUT2D eigenvalue weighted by Crippen LogP contribution is 2.23. The summed E-state index contributed by atoms with van der Waals surface area (Å²) in [5, 5.41) is 18.6. The van der Waals surface area contributed by atoms with Gasteiger partial charge in [-0.25, -0.2) is 4.68 Å². The molecule has 0 aliphatic heterocycles. The molecule has 1 aromatic heterocycles. The zero-order chi connectivity index (χ0) is 11.5. The normalized spacial score (nSPS) is 9.75. The van der Waals surface area contributed by atoms with E-state index in [0.717, 1.165) is 0 Å². The van der Waals surface area contributed by atoms with Gasteiger partial charge in [0.1, 0.15) is 11.4 Å². The molecule has 0 spiro atoms. The summed E-state index contributed by atoms with van der Waals surface area (Å²) in [6, 6.07) is 7.04. The number of hydrogen-bond donors (Lipinski definition) is 1. The molecule has 2 aromatic rings. The maximum absolute atomic E-state index is 8.77. The Bertz CT molecular complexity index is 609. The van der Waals surface area contributed by atoms with E-state index in [1.54, 1.807) is 18.2 Å². The van der Waals surface area contributed by atoms with Crippen LogP contribution in [0, 0.1) is 16.1 Å². The van der Waals surface area contributed by atoms with E-state index in [9.17, 15) is 0 Å². The van der Waals surface area contributed by atoms with Crippen molar-refractivity contribution in [3.63, 3.8) is 0 Å². The van der Waals surface area contributed by atoms with Crippen molar-refractivity contribution in [2.45, 2.75) is 0 Å². The molecule has 7 heteroatoms. The standard InChI is InChI=1S/C9H7N5OS/c1-15-8-4-6(5-10)2-3-7(8)14-9(16)11-12-13-14/h2-4H,1H3,(H,11,13,16). The number of nitrogens with zero attached hydrogens (tertiary/aromatic N) is 4. The van der Waals surface area contributed by atoms with Crippen molar-refractivity contribution >= 4 is 12.2 Å². The molecule has 6 nitrogen and oxygen atoms in total. The highest BCUT2D eigenvalue weighted by Gasteiger charge is 2.08. The lowest BCUT2D eigenvalue weighted by Gasteiger charge is -2.07. The monoisotopic (exact) mass is 233 g/mol. The number of hydrogen-bond acceptors (Lipinski definition) is 5. The summed E-state index contributed by atoms with van der Waals surface area (Å²) in [5.74, 6) is 0.529. The Morgan fingerprint density at radius 3 is 2.94 bits per heavy atom. The number of aromatic nitrogens is 4. The summed E-state index contributed by atoms with van der Waals surface area (Å²) < 4.78 is 6.96. The van der Waals surface area contributed by atoms with Gasteiger partial charge in [-0.3, -0.25) is 0 Å². The molecule has 0 radical (unpaired) electrons. The molecule has 16 heavy (non-hydrogen) atoms. The van der Waals surface area contributed by atoms with Crippen LogP contribution in [0.15, 0.2) is 18.2 Å². The van der Waals surface area contributed by atoms with Crippen LogP contribution in [0.1, 0.15) is 5.56 Å². The minimum Gasteiger partial charge on any atom is -0.494 e. The number of ether oxygens (including phenoxy) is 1. The first-order chi connectivity index (χ1) is 7.76. The third-order valence-corrected chi connectivity index (χ3v) is 2.29. The van der Waals surface area contributed by atoms with Crippen molar-refractivity contribution in [1.82, 2.24) is 20.2 Å². The second-order valence-electron chi connectivity index (χ2n) is 2.92. The van der Waals surface area contributed by atoms with Crippen molar-refractivity contribution in [2.24, 2.45) is 0 Å². The number of methoxy groups -OCH3 is 1. The molecule has 80 valence electrons. The summed E-state index contributed by atoms with van der Waals surface area (Å²) in [6.07, 6.45) is 0. The van der Waals surface area contributed by atoms with E-state index < -0.39 is 0 Å². The quantitative estimate of drug-likeness (QED) is 0.788. The third-order valence-electron chi connectivity index (χ3n) is 2.02. The van der Waals surface area contributed by atoms with Gasteiger partial charge in [0.2, 0.25) is 4.77 Å². The average Bonchev–Trinajstić information content (AvgIpc) is 2.74. The van der Waals surface area contributed by atoms with Crippen LogP contribution in [0.4, 0.5) is 0 Å². The number of rotatable bonds is 2. The van der Waals surface area contributed by atoms with Crippen LogP contribution in [0.2, 0.25) is 0 Å². The van der Waals surface area contributed by atoms with Crippen molar-refractivity contribution in [3.05, 3.63) is 28.5 Å². The highest BCUT2D eigenvalue weighted by molar-refractivity contribution is 7.71. The maximum Gasteiger partial charge on any atom is 0.243 e. The minimum absolute atomic E-state index is 0.294. The summed E-state index contributed by atoms with van der Waals surface area (Å²) in [4.78, 5) is 0. The largest absolute Gasteiger partial charge is 0.494 e. The lowest BCUT2D eigenvalue weighted by molar-refractivity contribution is 0.411. The molecule has 0 atom stereocenters. The summed E-state index contributed by atoms with van der Waals surface area (Å²) in [6.45, 7) is 0. The van der Waals surface area contributed by atoms with E-state index in [4.69, 9.17) is 22.2 Å². The van der Waals surface area contributed by atoms with Crippen LogP contribution in [-0.4, -0.2) is 27.3 Å². The highest BCUT2D eigenvalue weighted by atomic mass is 32.1. The molecule has 0 fully saturated rings. The van der Waals surface area contributed by atoms with E-state index >= 15 is 0 Å². The molecule has 1 aromatic carbocycles. The number of benzene rings is 1. The Balaban J connectivity index is 2.63. The molecule has 1 heterocycles. The molecule has 0 aliphatic carbocycles. The average molecular weight is 233 g/mol. The lowest BCUT2D eigenvalue weighted by Crippen LogP contribution is -2.00. The minimum atomic E-state index is 0.294. The topological polar surface area (TPSA) is 79.5 Å². The van der Waals surface area contributed by atoms with Gasteiger partial charge in [-0.05, 0) is 24.4 Å². The number of tetrazole rings is 1. The second-order valence-corrected chi connectivity index (χ2v) is 3.28. The predicted molar refractivity (Wildman–Crippen MR) is 57.8 cm³/mol. The first kappa shape index (κ1) is 10.3. The molecular weight excluding hydrogens is 226 g/mol. The van der Waals surface area contributed by atoms with E-state index in [-0.39, 0.29) is 0 Å². The van der Waals surface area contributed by atoms with Gasteiger partial charge in [-0.1, -0.05) is 10.3 Å². The summed E-state index contributed by atoms with van der Waals surface area (Å²) in [5.41, 5.74) is 1.18. The fraction of sp³-hybridized carbons (Fsp3) is 0.111. The van der Waals surface area contributed by atoms with E-state index in [0.29, 0.717) is 21.8 Å². The molecule has 0 saturated carbocycles. The molecule has 0 saturated heterocycles. The van der Waals surface area contributed by atoms with Gasteiger partial charge in [0.25, 0.3) is 0 Å². The van der Waals surface area contributed by atoms with Crippen LogP contribution < -0.4 is 4.74 Å². The van der Waals surface area contributed by atoms with Crippen molar-refractivity contribution in [1.29, 1.82) is 5.26 Å². The summed E-state index contributed by atoms with van der Waals surface area (Å²) >= 11 is 4.97. The third kappa shape index (κ3) is 1.66. The Morgan fingerprint density at radius 1 is 1.56 bits per heavy atom. The van der Waals surface area contributed by atoms with Gasteiger partial charge in [-0.2, -0.15) is 10.5 Å². The van der Waals surface area contributed by atoms with Gasteiger partial charge >= 0.3 is 0 Å². The molecule has 0 amide bonds. The molecule has 0 bridgehead atoms. The van der Waals surface area contributed by atoms with Crippen molar-refractivity contribution in [3.8, 4) is 17.5 Å². The smallest absolute Gasteiger partial charge is 0.243 e. The van der Waals surface area contributed by atoms with E-state index in [1.165, 1.54) is 11.8 Å². The van der Waals surface area contributed by atoms with E-state index in [2.05, 4.69) is 15.5 Å². The van der Waals surface area contributed by atoms with Crippen LogP contribution in [-0.2, 0) is 0 Å². The molecular formula is C9H7N5OS. The molecule has 0 aliphatic rings. The van der Waals surface area contributed by atoms with Gasteiger partial charge in [0.15, 0.2) is 0 Å². The molecule has 1 N–H and O–H groups in total. The summed E-state index contributed by atoms with van der Waals surface area (Å²) in [7, 11) is 1.52. The number of nitrogens with one attached hydrogen (secondary N) is 1. The van der Waals surface area contributed by atoms with Crippen LogP contribution in [0.5, 0.6) is 5.75 Å². The number of H-pyrrole nitrogens is 1. The Morgan fingerprint density at radius 2 is 2.38 bits per heavy atom. The Kier molecular flexibility index (Phi) is 2.66. The molecule has 2 rings (SSSR count). The van der Waals surface area contributed by atoms with Crippen LogP contribution in [0.3, 0.4) is 0 Å². The lowest BCUT2D eigenvalue weighted by atomic mass is 10.2. The number of nitriles is 1. The van der Waals surface area contributed by atoms with Crippen LogP contribution in [0.25, 0.3) is 5.69 Å². The van der Waals surface area contributed by atoms with Gasteiger partial charge in [-0.15, -0.1) is 0 Å².